The maximum Gasteiger partial charge on any atom is 0.151 e. The van der Waals surface area contributed by atoms with Gasteiger partial charge in [0.25, 0.3) is 0 Å². The molecular formula is C20H20FN5O. The molecule has 0 radical (unpaired) electrons. The smallest absolute Gasteiger partial charge is 0.151 e. The molecule has 0 spiro atoms. The summed E-state index contributed by atoms with van der Waals surface area (Å²) in [4.78, 5) is 4.52. The fourth-order valence-corrected chi connectivity index (χ4v) is 3.72. The molecule has 1 N–H and O–H groups in total. The van der Waals surface area contributed by atoms with E-state index in [0.29, 0.717) is 43.9 Å². The van der Waals surface area contributed by atoms with Gasteiger partial charge in [-0.05, 0) is 37.5 Å². The lowest BCUT2D eigenvalue weighted by Crippen LogP contribution is -2.35. The van der Waals surface area contributed by atoms with Gasteiger partial charge in [0, 0.05) is 31.6 Å². The van der Waals surface area contributed by atoms with Crippen molar-refractivity contribution < 1.29 is 9.13 Å². The molecule has 0 bridgehead atoms. The average Bonchev–Trinajstić information content (AvgIpc) is 3.10. The quantitative estimate of drug-likeness (QED) is 0.775. The Morgan fingerprint density at radius 3 is 2.85 bits per heavy atom. The molecule has 1 aliphatic rings. The Bertz CT molecular complexity index is 1100. The van der Waals surface area contributed by atoms with Gasteiger partial charge in [-0.15, -0.1) is 0 Å². The number of ether oxygens (including phenoxy) is 1. The third-order valence-corrected chi connectivity index (χ3v) is 5.27. The molecule has 7 heteroatoms. The van der Waals surface area contributed by atoms with Crippen molar-refractivity contribution in [1.82, 2.24) is 14.0 Å². The van der Waals surface area contributed by atoms with E-state index in [2.05, 4.69) is 11.1 Å². The Morgan fingerprint density at radius 1 is 1.37 bits per heavy atom. The molecule has 0 unspecified atom stereocenters. The normalized spacial score (nSPS) is 16.3. The van der Waals surface area contributed by atoms with Crippen LogP contribution in [0.2, 0.25) is 0 Å². The molecule has 3 heterocycles. The number of halogens is 1. The highest BCUT2D eigenvalue weighted by molar-refractivity contribution is 5.46. The van der Waals surface area contributed by atoms with Crippen molar-refractivity contribution in [3.63, 3.8) is 0 Å². The van der Waals surface area contributed by atoms with Crippen molar-refractivity contribution >= 4 is 5.52 Å². The Morgan fingerprint density at radius 2 is 2.15 bits per heavy atom. The Kier molecular flexibility index (Phi) is 4.28. The van der Waals surface area contributed by atoms with Gasteiger partial charge in [-0.3, -0.25) is 9.81 Å². The highest BCUT2D eigenvalue weighted by Crippen LogP contribution is 2.33. The number of aryl methyl sites for hydroxylation is 1. The van der Waals surface area contributed by atoms with Gasteiger partial charge in [0.2, 0.25) is 0 Å². The monoisotopic (exact) mass is 365 g/mol. The van der Waals surface area contributed by atoms with Crippen LogP contribution in [-0.4, -0.2) is 27.2 Å². The second kappa shape index (κ2) is 6.63. The van der Waals surface area contributed by atoms with Gasteiger partial charge in [-0.25, -0.2) is 9.37 Å². The van der Waals surface area contributed by atoms with Gasteiger partial charge in [0.1, 0.15) is 22.6 Å². The van der Waals surface area contributed by atoms with Crippen molar-refractivity contribution in [2.45, 2.75) is 31.7 Å². The predicted octanol–water partition coefficient (Wildman–Crippen LogP) is 2.68. The second-order valence-corrected chi connectivity index (χ2v) is 6.98. The van der Waals surface area contributed by atoms with Crippen molar-refractivity contribution in [3.05, 3.63) is 65.0 Å². The maximum absolute atomic E-state index is 13.5. The lowest BCUT2D eigenvalue weighted by atomic mass is 9.81. The number of fused-ring (bicyclic) bond motifs is 1. The molecule has 138 valence electrons. The number of hydrogen-bond acceptors (Lipinski definition) is 4. The minimum atomic E-state index is -0.696. The first-order valence-electron chi connectivity index (χ1n) is 8.90. The van der Waals surface area contributed by atoms with Crippen LogP contribution in [0.1, 0.15) is 29.9 Å². The third kappa shape index (κ3) is 2.92. The molecule has 0 aliphatic carbocycles. The van der Waals surface area contributed by atoms with Crippen LogP contribution in [0, 0.1) is 29.5 Å². The summed E-state index contributed by atoms with van der Waals surface area (Å²) < 4.78 is 22.6. The van der Waals surface area contributed by atoms with Crippen LogP contribution < -0.4 is 5.49 Å². The van der Waals surface area contributed by atoms with Gasteiger partial charge in [-0.2, -0.15) is 5.26 Å². The van der Waals surface area contributed by atoms with E-state index in [1.54, 1.807) is 12.3 Å². The minimum Gasteiger partial charge on any atom is -0.381 e. The molecule has 0 amide bonds. The summed E-state index contributed by atoms with van der Waals surface area (Å²) in [6.45, 7) is 3.36. The second-order valence-electron chi connectivity index (χ2n) is 6.98. The molecule has 1 aromatic carbocycles. The molecule has 2 aromatic heterocycles. The number of nitrogens with zero attached hydrogens (tertiary/aromatic N) is 4. The number of hydrogen-bond donors (Lipinski definition) is 1. The molecule has 0 saturated carbocycles. The minimum absolute atomic E-state index is 0.290. The fourth-order valence-electron chi connectivity index (χ4n) is 3.72. The SMILES string of the molecule is Cc1cn2c(C3(C#N)CCOCC3)ncc2c(=N)n1Cc1cccc(F)c1. The first-order valence-corrected chi connectivity index (χ1v) is 8.90. The Balaban J connectivity index is 1.82. The van der Waals surface area contributed by atoms with Gasteiger partial charge in [0.15, 0.2) is 5.49 Å². The standard InChI is InChI=1S/C20H20FN5O/c1-14-11-26-17(10-24-19(26)20(13-22)5-7-27-8-6-20)18(23)25(14)12-15-3-2-4-16(21)9-15/h2-4,9-11,23H,5-8,12H2,1H3. The van der Waals surface area contributed by atoms with Gasteiger partial charge < -0.3 is 9.30 Å². The molecule has 4 rings (SSSR count). The molecule has 3 aromatic rings. The summed E-state index contributed by atoms with van der Waals surface area (Å²) in [5.74, 6) is 0.373. The summed E-state index contributed by atoms with van der Waals surface area (Å²) in [6, 6.07) is 8.83. The summed E-state index contributed by atoms with van der Waals surface area (Å²) in [5, 5.41) is 18.5. The van der Waals surface area contributed by atoms with Crippen LogP contribution in [0.25, 0.3) is 5.52 Å². The maximum atomic E-state index is 13.5. The van der Waals surface area contributed by atoms with Crippen molar-refractivity contribution in [3.8, 4) is 6.07 Å². The zero-order valence-electron chi connectivity index (χ0n) is 15.1. The van der Waals surface area contributed by atoms with E-state index in [1.165, 1.54) is 12.1 Å². The highest BCUT2D eigenvalue weighted by atomic mass is 19.1. The molecular weight excluding hydrogens is 345 g/mol. The van der Waals surface area contributed by atoms with Crippen LogP contribution >= 0.6 is 0 Å². The van der Waals surface area contributed by atoms with Gasteiger partial charge >= 0.3 is 0 Å². The highest BCUT2D eigenvalue weighted by Gasteiger charge is 2.38. The number of nitriles is 1. The number of benzene rings is 1. The number of imidazole rings is 1. The fraction of sp³-hybridized carbons (Fsp3) is 0.350. The van der Waals surface area contributed by atoms with Crippen LogP contribution in [0.3, 0.4) is 0 Å². The molecule has 1 saturated heterocycles. The Labute approximate surface area is 156 Å². The summed E-state index contributed by atoms with van der Waals surface area (Å²) in [7, 11) is 0. The van der Waals surface area contributed by atoms with Crippen LogP contribution in [0.15, 0.2) is 36.7 Å². The van der Waals surface area contributed by atoms with Crippen molar-refractivity contribution in [1.29, 1.82) is 10.7 Å². The summed E-state index contributed by atoms with van der Waals surface area (Å²) in [6.07, 6.45) is 4.73. The van der Waals surface area contributed by atoms with Crippen LogP contribution in [-0.2, 0) is 16.7 Å². The largest absolute Gasteiger partial charge is 0.381 e. The van der Waals surface area contributed by atoms with E-state index in [1.807, 2.05) is 28.2 Å². The number of rotatable bonds is 3. The van der Waals surface area contributed by atoms with Crippen molar-refractivity contribution in [2.75, 3.05) is 13.2 Å². The topological polar surface area (TPSA) is 79.1 Å². The lowest BCUT2D eigenvalue weighted by Gasteiger charge is -2.29. The first kappa shape index (κ1) is 17.4. The third-order valence-electron chi connectivity index (χ3n) is 5.27. The molecule has 27 heavy (non-hydrogen) atoms. The molecule has 0 atom stereocenters. The van der Waals surface area contributed by atoms with E-state index in [0.717, 1.165) is 11.3 Å². The number of aromatic nitrogens is 3. The van der Waals surface area contributed by atoms with E-state index >= 15 is 0 Å². The number of nitrogens with one attached hydrogen (secondary N) is 1. The zero-order valence-corrected chi connectivity index (χ0v) is 15.1. The summed E-state index contributed by atoms with van der Waals surface area (Å²) >= 11 is 0. The van der Waals surface area contributed by atoms with E-state index in [9.17, 15) is 9.65 Å². The molecule has 1 aliphatic heterocycles. The van der Waals surface area contributed by atoms with Crippen molar-refractivity contribution in [2.24, 2.45) is 0 Å². The lowest BCUT2D eigenvalue weighted by molar-refractivity contribution is 0.0649. The van der Waals surface area contributed by atoms with Crippen LogP contribution in [0.5, 0.6) is 0 Å². The zero-order chi connectivity index (χ0) is 19.0. The van der Waals surface area contributed by atoms with E-state index < -0.39 is 5.41 Å². The Hall–Kier alpha value is -2.98. The van der Waals surface area contributed by atoms with E-state index in [4.69, 9.17) is 10.1 Å². The summed E-state index contributed by atoms with van der Waals surface area (Å²) in [5.41, 5.74) is 1.86. The predicted molar refractivity (Wildman–Crippen MR) is 96.6 cm³/mol. The molecule has 6 nitrogen and oxygen atoms in total. The van der Waals surface area contributed by atoms with Crippen LogP contribution in [0.4, 0.5) is 4.39 Å². The van der Waals surface area contributed by atoms with Gasteiger partial charge in [0.05, 0.1) is 12.3 Å². The average molecular weight is 365 g/mol. The van der Waals surface area contributed by atoms with E-state index in [-0.39, 0.29) is 11.3 Å². The first-order chi connectivity index (χ1) is 13.0. The molecule has 1 fully saturated rings. The van der Waals surface area contributed by atoms with Gasteiger partial charge in [-0.1, -0.05) is 12.1 Å².